The average Bonchev–Trinajstić information content (AvgIpc) is 3.27. The summed E-state index contributed by atoms with van der Waals surface area (Å²) in [6.07, 6.45) is 2.10. The van der Waals surface area contributed by atoms with E-state index in [-0.39, 0.29) is 17.4 Å². The fraction of sp³-hybridized carbons (Fsp3) is 0.364. The van der Waals surface area contributed by atoms with Crippen LogP contribution in [-0.2, 0) is 14.8 Å². The third kappa shape index (κ3) is 5.38. The molecular weight excluding hydrogens is 402 g/mol. The van der Waals surface area contributed by atoms with Crippen LogP contribution in [0.5, 0.6) is 5.75 Å². The number of hydrazone groups is 1. The first-order chi connectivity index (χ1) is 14.3. The van der Waals surface area contributed by atoms with Crippen molar-refractivity contribution in [2.45, 2.75) is 38.5 Å². The molecule has 2 aromatic rings. The van der Waals surface area contributed by atoms with Crippen molar-refractivity contribution < 1.29 is 17.9 Å². The fourth-order valence-corrected chi connectivity index (χ4v) is 4.42. The number of aryl methyl sites for hydroxylation is 2. The highest BCUT2D eigenvalue weighted by Crippen LogP contribution is 2.17. The van der Waals surface area contributed by atoms with Gasteiger partial charge in [-0.1, -0.05) is 12.1 Å². The Balaban J connectivity index is 1.62. The summed E-state index contributed by atoms with van der Waals surface area (Å²) in [6.45, 7) is 6.93. The van der Waals surface area contributed by atoms with Crippen molar-refractivity contribution in [3.8, 4) is 5.75 Å². The van der Waals surface area contributed by atoms with E-state index in [1.165, 1.54) is 0 Å². The molecule has 0 aliphatic carbocycles. The SMILES string of the molecule is C/C(=N\NS(=O)(=O)c1cc(C)ccc1C)c1ccc(OCC(=O)N2CCCC2)cc1. The van der Waals surface area contributed by atoms with Crippen molar-refractivity contribution in [1.29, 1.82) is 0 Å². The Morgan fingerprint density at radius 1 is 1.10 bits per heavy atom. The summed E-state index contributed by atoms with van der Waals surface area (Å²) in [7, 11) is -3.76. The van der Waals surface area contributed by atoms with E-state index in [2.05, 4.69) is 9.93 Å². The number of hydrogen-bond donors (Lipinski definition) is 1. The van der Waals surface area contributed by atoms with E-state index in [9.17, 15) is 13.2 Å². The van der Waals surface area contributed by atoms with Crippen LogP contribution in [0.4, 0.5) is 0 Å². The molecule has 30 heavy (non-hydrogen) atoms. The fourth-order valence-electron chi connectivity index (χ4n) is 3.23. The molecule has 0 unspecified atom stereocenters. The van der Waals surface area contributed by atoms with E-state index in [4.69, 9.17) is 4.74 Å². The highest BCUT2D eigenvalue weighted by Gasteiger charge is 2.18. The maximum atomic E-state index is 12.6. The Morgan fingerprint density at radius 3 is 2.43 bits per heavy atom. The summed E-state index contributed by atoms with van der Waals surface area (Å²) in [5.41, 5.74) is 2.78. The molecule has 1 aliphatic rings. The van der Waals surface area contributed by atoms with Gasteiger partial charge in [0.25, 0.3) is 15.9 Å². The van der Waals surface area contributed by atoms with Gasteiger partial charge in [-0.05, 0) is 80.6 Å². The first-order valence-corrected chi connectivity index (χ1v) is 11.4. The van der Waals surface area contributed by atoms with Crippen LogP contribution in [0.25, 0.3) is 0 Å². The summed E-state index contributed by atoms with van der Waals surface area (Å²) < 4.78 is 30.7. The minimum atomic E-state index is -3.76. The van der Waals surface area contributed by atoms with Gasteiger partial charge in [0.1, 0.15) is 5.75 Å². The first-order valence-electron chi connectivity index (χ1n) is 9.90. The van der Waals surface area contributed by atoms with Gasteiger partial charge in [0.05, 0.1) is 10.6 Å². The van der Waals surface area contributed by atoms with E-state index in [1.54, 1.807) is 50.2 Å². The van der Waals surface area contributed by atoms with Crippen LogP contribution >= 0.6 is 0 Å². The molecule has 160 valence electrons. The lowest BCUT2D eigenvalue weighted by atomic mass is 10.1. The van der Waals surface area contributed by atoms with E-state index in [0.717, 1.165) is 37.1 Å². The Hall–Kier alpha value is -2.87. The summed E-state index contributed by atoms with van der Waals surface area (Å²) in [5.74, 6) is 0.574. The number of carbonyl (C=O) groups is 1. The highest BCUT2D eigenvalue weighted by atomic mass is 32.2. The van der Waals surface area contributed by atoms with Crippen LogP contribution < -0.4 is 9.57 Å². The van der Waals surface area contributed by atoms with Gasteiger partial charge in [-0.3, -0.25) is 4.79 Å². The van der Waals surface area contributed by atoms with Crippen molar-refractivity contribution in [3.05, 3.63) is 59.2 Å². The number of likely N-dealkylation sites (tertiary alicyclic amines) is 1. The Morgan fingerprint density at radius 2 is 1.77 bits per heavy atom. The zero-order chi connectivity index (χ0) is 21.7. The molecule has 0 bridgehead atoms. The zero-order valence-electron chi connectivity index (χ0n) is 17.5. The Labute approximate surface area is 177 Å². The molecule has 1 N–H and O–H groups in total. The predicted molar refractivity (Wildman–Crippen MR) is 116 cm³/mol. The molecule has 0 spiro atoms. The predicted octanol–water partition coefficient (Wildman–Crippen LogP) is 3.01. The van der Waals surface area contributed by atoms with Crippen LogP contribution in [0.1, 0.15) is 36.5 Å². The molecule has 0 saturated carbocycles. The van der Waals surface area contributed by atoms with Gasteiger partial charge >= 0.3 is 0 Å². The normalized spacial score (nSPS) is 14.6. The average molecular weight is 430 g/mol. The minimum absolute atomic E-state index is 0.00447. The number of sulfonamides is 1. The molecule has 1 amide bonds. The van der Waals surface area contributed by atoms with Crippen molar-refractivity contribution in [3.63, 3.8) is 0 Å². The number of nitrogens with zero attached hydrogens (tertiary/aromatic N) is 2. The monoisotopic (exact) mass is 429 g/mol. The molecule has 2 aromatic carbocycles. The molecule has 3 rings (SSSR count). The second-order valence-electron chi connectivity index (χ2n) is 7.46. The summed E-state index contributed by atoms with van der Waals surface area (Å²) in [5, 5.41) is 4.05. The number of rotatable bonds is 7. The largest absolute Gasteiger partial charge is 0.484 e. The van der Waals surface area contributed by atoms with Gasteiger partial charge < -0.3 is 9.64 Å². The van der Waals surface area contributed by atoms with Gasteiger partial charge in [-0.2, -0.15) is 18.4 Å². The van der Waals surface area contributed by atoms with Gasteiger partial charge in [-0.25, -0.2) is 0 Å². The van der Waals surface area contributed by atoms with Crippen molar-refractivity contribution in [2.24, 2.45) is 5.10 Å². The van der Waals surface area contributed by atoms with Crippen LogP contribution in [-0.4, -0.2) is 44.6 Å². The van der Waals surface area contributed by atoms with Crippen LogP contribution in [0.15, 0.2) is 52.5 Å². The Bertz CT molecular complexity index is 1040. The topological polar surface area (TPSA) is 88.1 Å². The summed E-state index contributed by atoms with van der Waals surface area (Å²) >= 11 is 0. The van der Waals surface area contributed by atoms with Crippen molar-refractivity contribution >= 4 is 21.6 Å². The van der Waals surface area contributed by atoms with Crippen LogP contribution in [0.2, 0.25) is 0 Å². The molecule has 1 heterocycles. The van der Waals surface area contributed by atoms with Crippen molar-refractivity contribution in [2.75, 3.05) is 19.7 Å². The minimum Gasteiger partial charge on any atom is -0.484 e. The lowest BCUT2D eigenvalue weighted by Crippen LogP contribution is -2.32. The number of hydrogen-bond acceptors (Lipinski definition) is 5. The van der Waals surface area contributed by atoms with Gasteiger partial charge in [0, 0.05) is 13.1 Å². The third-order valence-electron chi connectivity index (χ3n) is 5.06. The quantitative estimate of drug-likeness (QED) is 0.541. The molecule has 0 aromatic heterocycles. The van der Waals surface area contributed by atoms with Gasteiger partial charge in [0.15, 0.2) is 6.61 Å². The molecule has 7 nitrogen and oxygen atoms in total. The van der Waals surface area contributed by atoms with E-state index in [0.29, 0.717) is 17.0 Å². The summed E-state index contributed by atoms with van der Waals surface area (Å²) in [4.78, 5) is 16.4. The second kappa shape index (κ2) is 9.30. The second-order valence-corrected chi connectivity index (χ2v) is 9.09. The van der Waals surface area contributed by atoms with E-state index < -0.39 is 10.0 Å². The van der Waals surface area contributed by atoms with E-state index in [1.807, 2.05) is 17.9 Å². The summed E-state index contributed by atoms with van der Waals surface area (Å²) in [6, 6.07) is 12.3. The number of carbonyl (C=O) groups excluding carboxylic acids is 1. The lowest BCUT2D eigenvalue weighted by Gasteiger charge is -2.15. The Kier molecular flexibility index (Phi) is 6.77. The first kappa shape index (κ1) is 21.8. The van der Waals surface area contributed by atoms with Gasteiger partial charge in [-0.15, -0.1) is 0 Å². The molecule has 8 heteroatoms. The maximum Gasteiger partial charge on any atom is 0.276 e. The zero-order valence-corrected chi connectivity index (χ0v) is 18.3. The van der Waals surface area contributed by atoms with Crippen LogP contribution in [0, 0.1) is 13.8 Å². The van der Waals surface area contributed by atoms with Crippen LogP contribution in [0.3, 0.4) is 0 Å². The molecule has 0 radical (unpaired) electrons. The number of benzene rings is 2. The van der Waals surface area contributed by atoms with Gasteiger partial charge in [0.2, 0.25) is 0 Å². The number of ether oxygens (including phenoxy) is 1. The number of amides is 1. The molecule has 1 saturated heterocycles. The molecule has 1 fully saturated rings. The standard InChI is InChI=1S/C22H27N3O4S/c1-16-6-7-17(2)21(14-16)30(27,28)24-23-18(3)19-8-10-20(11-9-19)29-15-22(26)25-12-4-5-13-25/h6-11,14,24H,4-5,12-13,15H2,1-3H3/b23-18+. The van der Waals surface area contributed by atoms with Crippen molar-refractivity contribution in [1.82, 2.24) is 9.73 Å². The number of nitrogens with one attached hydrogen (secondary N) is 1. The molecular formula is C22H27N3O4S. The smallest absolute Gasteiger partial charge is 0.276 e. The highest BCUT2D eigenvalue weighted by molar-refractivity contribution is 7.89. The van der Waals surface area contributed by atoms with E-state index >= 15 is 0 Å². The molecule has 0 atom stereocenters. The molecule has 1 aliphatic heterocycles. The lowest BCUT2D eigenvalue weighted by molar-refractivity contribution is -0.132. The maximum absolute atomic E-state index is 12.6. The third-order valence-corrected chi connectivity index (χ3v) is 6.41.